The summed E-state index contributed by atoms with van der Waals surface area (Å²) in [5, 5.41) is 13.7. The second-order valence-electron chi connectivity index (χ2n) is 7.54. The Hall–Kier alpha value is -1.68. The molecular weight excluding hydrogens is 442 g/mol. The summed E-state index contributed by atoms with van der Waals surface area (Å²) in [4.78, 5) is 22.1. The standard InChI is InChI=1S/C9H15BrFNO2.C9H16FNO3/c1-9(2,3)14-8(13)12-6-7(4-10)5-11;1-9(2,3)14-8(13)11-5-7(4-10)6-12/h5H,4,6H2,1-3H3,(H,12,13);4,12H,5-6H2,1-3H3,(H,11,13)/b7-5+;7-4-. The van der Waals surface area contributed by atoms with Crippen LogP contribution in [0.3, 0.4) is 0 Å². The van der Waals surface area contributed by atoms with Crippen LogP contribution in [-0.2, 0) is 9.47 Å². The Bertz CT molecular complexity index is 493. The van der Waals surface area contributed by atoms with Gasteiger partial charge in [-0.2, -0.15) is 0 Å². The highest BCUT2D eigenvalue weighted by atomic mass is 79.9. The van der Waals surface area contributed by atoms with Crippen LogP contribution in [0.5, 0.6) is 0 Å². The summed E-state index contributed by atoms with van der Waals surface area (Å²) in [5.41, 5.74) is -0.562. The Labute approximate surface area is 173 Å². The molecule has 2 amide bonds. The molecule has 0 spiro atoms. The Balaban J connectivity index is 0. The topological polar surface area (TPSA) is 96.9 Å². The van der Waals surface area contributed by atoms with Crippen LogP contribution in [0.4, 0.5) is 18.4 Å². The van der Waals surface area contributed by atoms with Gasteiger partial charge >= 0.3 is 12.2 Å². The Kier molecular flexibility index (Phi) is 14.6. The lowest BCUT2D eigenvalue weighted by atomic mass is 10.2. The molecular formula is C18H31BrF2N2O5. The third-order valence-electron chi connectivity index (χ3n) is 2.40. The summed E-state index contributed by atoms with van der Waals surface area (Å²) < 4.78 is 33.9. The van der Waals surface area contributed by atoms with Crippen molar-refractivity contribution in [3.05, 3.63) is 23.8 Å². The number of carbonyl (C=O) groups is 2. The van der Waals surface area contributed by atoms with E-state index in [1.54, 1.807) is 41.5 Å². The smallest absolute Gasteiger partial charge is 0.407 e. The van der Waals surface area contributed by atoms with Crippen LogP contribution in [0.1, 0.15) is 41.5 Å². The molecule has 0 aromatic carbocycles. The molecule has 0 aliphatic rings. The number of aliphatic hydroxyl groups excluding tert-OH is 1. The average molecular weight is 473 g/mol. The lowest BCUT2D eigenvalue weighted by molar-refractivity contribution is 0.0520. The van der Waals surface area contributed by atoms with Gasteiger partial charge in [0.15, 0.2) is 0 Å². The number of hydrogen-bond acceptors (Lipinski definition) is 5. The molecule has 0 atom stereocenters. The fourth-order valence-electron chi connectivity index (χ4n) is 1.24. The number of halogens is 3. The summed E-state index contributed by atoms with van der Waals surface area (Å²) in [6.07, 6.45) is -0.452. The molecule has 0 saturated heterocycles. The van der Waals surface area contributed by atoms with Crippen LogP contribution in [0.15, 0.2) is 23.8 Å². The van der Waals surface area contributed by atoms with Crippen molar-refractivity contribution in [3.63, 3.8) is 0 Å². The molecule has 0 unspecified atom stereocenters. The Morgan fingerprint density at radius 1 is 0.893 bits per heavy atom. The van der Waals surface area contributed by atoms with Crippen molar-refractivity contribution < 1.29 is 33.0 Å². The Morgan fingerprint density at radius 2 is 1.25 bits per heavy atom. The molecule has 0 saturated carbocycles. The molecule has 28 heavy (non-hydrogen) atoms. The first-order chi connectivity index (χ1) is 12.8. The molecule has 0 aromatic heterocycles. The first-order valence-corrected chi connectivity index (χ1v) is 9.56. The summed E-state index contributed by atoms with van der Waals surface area (Å²) in [6.45, 7) is 10.2. The van der Waals surface area contributed by atoms with E-state index in [-0.39, 0.29) is 25.0 Å². The van der Waals surface area contributed by atoms with Gasteiger partial charge in [0.05, 0.1) is 19.3 Å². The molecule has 0 aliphatic heterocycles. The predicted octanol–water partition coefficient (Wildman–Crippen LogP) is 4.12. The number of alkyl halides is 1. The number of nitrogens with one attached hydrogen (secondary N) is 2. The number of aliphatic hydroxyl groups is 1. The molecule has 0 heterocycles. The van der Waals surface area contributed by atoms with Gasteiger partial charge in [-0.1, -0.05) is 15.9 Å². The van der Waals surface area contributed by atoms with Crippen molar-refractivity contribution in [3.8, 4) is 0 Å². The van der Waals surface area contributed by atoms with Gasteiger partial charge in [0, 0.05) is 24.0 Å². The minimum Gasteiger partial charge on any atom is -0.444 e. The number of rotatable bonds is 6. The van der Waals surface area contributed by atoms with Crippen molar-refractivity contribution in [1.29, 1.82) is 0 Å². The zero-order valence-electron chi connectivity index (χ0n) is 17.2. The van der Waals surface area contributed by atoms with Gasteiger partial charge in [0.25, 0.3) is 0 Å². The van der Waals surface area contributed by atoms with E-state index >= 15 is 0 Å². The van der Waals surface area contributed by atoms with Crippen LogP contribution in [0, 0.1) is 0 Å². The zero-order valence-corrected chi connectivity index (χ0v) is 18.8. The van der Waals surface area contributed by atoms with Crippen LogP contribution in [0.25, 0.3) is 0 Å². The number of alkyl carbamates (subject to hydrolysis) is 2. The normalized spacial score (nSPS) is 12.5. The van der Waals surface area contributed by atoms with E-state index in [4.69, 9.17) is 14.6 Å². The fraction of sp³-hybridized carbons (Fsp3) is 0.667. The first kappa shape index (κ1) is 28.5. The van der Waals surface area contributed by atoms with Crippen molar-refractivity contribution in [2.75, 3.05) is 25.0 Å². The maximum Gasteiger partial charge on any atom is 0.407 e. The lowest BCUT2D eigenvalue weighted by Gasteiger charge is -2.19. The highest BCUT2D eigenvalue weighted by molar-refractivity contribution is 9.09. The molecule has 7 nitrogen and oxygen atoms in total. The molecule has 0 bridgehead atoms. The van der Waals surface area contributed by atoms with Crippen LogP contribution < -0.4 is 10.6 Å². The van der Waals surface area contributed by atoms with Crippen LogP contribution in [-0.4, -0.2) is 53.5 Å². The average Bonchev–Trinajstić information content (AvgIpc) is 2.54. The molecule has 0 aliphatic carbocycles. The van der Waals surface area contributed by atoms with E-state index in [9.17, 15) is 18.4 Å². The molecule has 10 heteroatoms. The van der Waals surface area contributed by atoms with E-state index in [1.807, 2.05) is 0 Å². The van der Waals surface area contributed by atoms with E-state index in [2.05, 4.69) is 26.6 Å². The zero-order chi connectivity index (χ0) is 22.4. The summed E-state index contributed by atoms with van der Waals surface area (Å²) in [5.74, 6) is 0. The number of carbonyl (C=O) groups excluding carboxylic acids is 2. The number of hydrogen-bond donors (Lipinski definition) is 3. The maximum absolute atomic E-state index is 12.1. The van der Waals surface area contributed by atoms with Gasteiger partial charge in [0.1, 0.15) is 11.2 Å². The highest BCUT2D eigenvalue weighted by Crippen LogP contribution is 2.07. The minimum absolute atomic E-state index is 0.0537. The van der Waals surface area contributed by atoms with E-state index in [0.29, 0.717) is 17.2 Å². The monoisotopic (exact) mass is 472 g/mol. The molecule has 0 fully saturated rings. The van der Waals surface area contributed by atoms with Gasteiger partial charge < -0.3 is 25.2 Å². The molecule has 0 rings (SSSR count). The third kappa shape index (κ3) is 19.1. The molecule has 0 radical (unpaired) electrons. The third-order valence-corrected chi connectivity index (χ3v) is 3.12. The molecule has 164 valence electrons. The largest absolute Gasteiger partial charge is 0.444 e. The van der Waals surface area contributed by atoms with Gasteiger partial charge in [-0.05, 0) is 47.1 Å². The van der Waals surface area contributed by atoms with E-state index < -0.39 is 30.0 Å². The summed E-state index contributed by atoms with van der Waals surface area (Å²) in [7, 11) is 0. The van der Waals surface area contributed by atoms with E-state index in [1.165, 1.54) is 0 Å². The quantitative estimate of drug-likeness (QED) is 0.505. The van der Waals surface area contributed by atoms with Crippen LogP contribution in [0.2, 0.25) is 0 Å². The van der Waals surface area contributed by atoms with Gasteiger partial charge in [-0.15, -0.1) is 0 Å². The molecule has 3 N–H and O–H groups in total. The van der Waals surface area contributed by atoms with Gasteiger partial charge in [-0.3, -0.25) is 0 Å². The predicted molar refractivity (Wildman–Crippen MR) is 108 cm³/mol. The van der Waals surface area contributed by atoms with Crippen LogP contribution >= 0.6 is 15.9 Å². The maximum atomic E-state index is 12.1. The second-order valence-corrected chi connectivity index (χ2v) is 8.10. The lowest BCUT2D eigenvalue weighted by Crippen LogP contribution is -2.33. The second kappa shape index (κ2) is 14.3. The minimum atomic E-state index is -0.634. The van der Waals surface area contributed by atoms with Crippen molar-refractivity contribution in [2.45, 2.75) is 52.7 Å². The van der Waals surface area contributed by atoms with Crippen molar-refractivity contribution >= 4 is 28.1 Å². The number of ether oxygens (including phenoxy) is 2. The Morgan fingerprint density at radius 3 is 1.50 bits per heavy atom. The van der Waals surface area contributed by atoms with Gasteiger partial charge in [-0.25, -0.2) is 18.4 Å². The van der Waals surface area contributed by atoms with Crippen molar-refractivity contribution in [2.24, 2.45) is 0 Å². The van der Waals surface area contributed by atoms with E-state index in [0.717, 1.165) is 0 Å². The highest BCUT2D eigenvalue weighted by Gasteiger charge is 2.16. The first-order valence-electron chi connectivity index (χ1n) is 8.44. The SMILES string of the molecule is CC(C)(C)OC(=O)NC/C(=C/F)CBr.CC(C)(C)OC(=O)NC/C(=C/F)CO. The summed E-state index contributed by atoms with van der Waals surface area (Å²) in [6, 6.07) is 0. The molecule has 0 aromatic rings. The van der Waals surface area contributed by atoms with Gasteiger partial charge in [0.2, 0.25) is 0 Å². The fourth-order valence-corrected chi connectivity index (χ4v) is 1.56. The van der Waals surface area contributed by atoms with Crippen molar-refractivity contribution in [1.82, 2.24) is 10.6 Å². The number of amides is 2. The summed E-state index contributed by atoms with van der Waals surface area (Å²) >= 11 is 3.09.